The van der Waals surface area contributed by atoms with Crippen molar-refractivity contribution in [3.8, 4) is 0 Å². The van der Waals surface area contributed by atoms with Crippen molar-refractivity contribution < 1.29 is 4.79 Å². The lowest BCUT2D eigenvalue weighted by molar-refractivity contribution is -0.123. The van der Waals surface area contributed by atoms with Gasteiger partial charge in [0.2, 0.25) is 5.91 Å². The first kappa shape index (κ1) is 18.7. The fourth-order valence-corrected chi connectivity index (χ4v) is 3.29. The summed E-state index contributed by atoms with van der Waals surface area (Å²) < 4.78 is 0. The minimum Gasteiger partial charge on any atom is -0.352 e. The summed E-state index contributed by atoms with van der Waals surface area (Å²) in [6.45, 7) is 6.57. The van der Waals surface area contributed by atoms with Crippen LogP contribution in [0.3, 0.4) is 0 Å². The number of hydrogen-bond acceptors (Lipinski definition) is 2. The van der Waals surface area contributed by atoms with E-state index in [1.807, 2.05) is 30.3 Å². The Labute approximate surface area is 157 Å². The van der Waals surface area contributed by atoms with E-state index in [1.54, 1.807) is 0 Å². The van der Waals surface area contributed by atoms with Gasteiger partial charge in [-0.3, -0.25) is 10.1 Å². The average molecular weight is 351 g/mol. The fourth-order valence-electron chi connectivity index (χ4n) is 3.29. The van der Waals surface area contributed by atoms with Gasteiger partial charge in [0.15, 0.2) is 0 Å². The molecule has 3 heteroatoms. The van der Waals surface area contributed by atoms with Crippen LogP contribution in [0.2, 0.25) is 0 Å². The van der Waals surface area contributed by atoms with Gasteiger partial charge in [0.05, 0.1) is 0 Å². The number of rotatable bonds is 8. The molecule has 0 radical (unpaired) electrons. The molecule has 0 saturated heterocycles. The molecule has 138 valence electrons. The van der Waals surface area contributed by atoms with Crippen molar-refractivity contribution in [3.63, 3.8) is 0 Å². The van der Waals surface area contributed by atoms with Crippen LogP contribution in [0.1, 0.15) is 62.4 Å². The van der Waals surface area contributed by atoms with Crippen LogP contribution in [0.4, 0.5) is 0 Å². The van der Waals surface area contributed by atoms with E-state index < -0.39 is 0 Å². The highest BCUT2D eigenvalue weighted by Crippen LogP contribution is 2.28. The van der Waals surface area contributed by atoms with Crippen LogP contribution in [0.15, 0.2) is 54.6 Å². The maximum atomic E-state index is 12.9. The summed E-state index contributed by atoms with van der Waals surface area (Å²) in [5.41, 5.74) is 3.58. The number of carbonyl (C=O) groups is 1. The van der Waals surface area contributed by atoms with Crippen LogP contribution in [0.5, 0.6) is 0 Å². The van der Waals surface area contributed by atoms with Gasteiger partial charge in [0.1, 0.15) is 6.04 Å². The first-order chi connectivity index (χ1) is 12.6. The lowest BCUT2D eigenvalue weighted by atomic mass is 9.93. The van der Waals surface area contributed by atoms with Crippen LogP contribution in [-0.2, 0) is 11.2 Å². The Kier molecular flexibility index (Phi) is 6.10. The molecule has 1 fully saturated rings. The van der Waals surface area contributed by atoms with E-state index in [-0.39, 0.29) is 18.0 Å². The predicted molar refractivity (Wildman–Crippen MR) is 107 cm³/mol. The Hall–Kier alpha value is -2.13. The molecule has 3 nitrogen and oxygen atoms in total. The number of benzene rings is 2. The SMILES string of the molecule is CCc1ccc([C@@H](N[C@@H](C(=O)NC2CC2)c2ccccc2)C(C)C)cc1. The third kappa shape index (κ3) is 4.73. The second-order valence-corrected chi connectivity index (χ2v) is 7.61. The van der Waals surface area contributed by atoms with E-state index in [4.69, 9.17) is 0 Å². The highest BCUT2D eigenvalue weighted by molar-refractivity contribution is 5.83. The van der Waals surface area contributed by atoms with Gasteiger partial charge in [-0.05, 0) is 41.9 Å². The van der Waals surface area contributed by atoms with Crippen molar-refractivity contribution in [2.75, 3.05) is 0 Å². The predicted octanol–water partition coefficient (Wildman–Crippen LogP) is 4.56. The van der Waals surface area contributed by atoms with Gasteiger partial charge in [-0.15, -0.1) is 0 Å². The van der Waals surface area contributed by atoms with Gasteiger partial charge in [0, 0.05) is 12.1 Å². The third-order valence-electron chi connectivity index (χ3n) is 5.08. The van der Waals surface area contributed by atoms with Crippen molar-refractivity contribution in [1.82, 2.24) is 10.6 Å². The number of amides is 1. The van der Waals surface area contributed by atoms with Gasteiger partial charge in [-0.2, -0.15) is 0 Å². The maximum absolute atomic E-state index is 12.9. The first-order valence-electron chi connectivity index (χ1n) is 9.78. The summed E-state index contributed by atoms with van der Waals surface area (Å²) in [7, 11) is 0. The average Bonchev–Trinajstić information content (AvgIpc) is 3.47. The van der Waals surface area contributed by atoms with Gasteiger partial charge in [-0.25, -0.2) is 0 Å². The molecule has 3 rings (SSSR count). The topological polar surface area (TPSA) is 41.1 Å². The van der Waals surface area contributed by atoms with Gasteiger partial charge in [0.25, 0.3) is 0 Å². The zero-order chi connectivity index (χ0) is 18.5. The normalized spacial score (nSPS) is 16.3. The summed E-state index contributed by atoms with van der Waals surface area (Å²) >= 11 is 0. The van der Waals surface area contributed by atoms with Gasteiger partial charge in [-0.1, -0.05) is 75.4 Å². The van der Waals surface area contributed by atoms with Crippen LogP contribution >= 0.6 is 0 Å². The van der Waals surface area contributed by atoms with Gasteiger partial charge >= 0.3 is 0 Å². The van der Waals surface area contributed by atoms with Crippen molar-refractivity contribution in [3.05, 3.63) is 71.3 Å². The first-order valence-corrected chi connectivity index (χ1v) is 9.78. The molecule has 1 amide bonds. The molecule has 0 aliphatic heterocycles. The molecule has 0 aromatic heterocycles. The highest BCUT2D eigenvalue weighted by atomic mass is 16.2. The molecule has 0 heterocycles. The summed E-state index contributed by atoms with van der Waals surface area (Å²) in [5.74, 6) is 0.456. The monoisotopic (exact) mass is 350 g/mol. The second kappa shape index (κ2) is 8.50. The van der Waals surface area contributed by atoms with Crippen molar-refractivity contribution >= 4 is 5.91 Å². The zero-order valence-corrected chi connectivity index (χ0v) is 16.0. The summed E-state index contributed by atoms with van der Waals surface area (Å²) in [4.78, 5) is 12.9. The molecule has 2 aromatic carbocycles. The zero-order valence-electron chi connectivity index (χ0n) is 16.0. The van der Waals surface area contributed by atoms with Crippen LogP contribution in [-0.4, -0.2) is 11.9 Å². The van der Waals surface area contributed by atoms with Crippen molar-refractivity contribution in [2.45, 2.75) is 58.2 Å². The summed E-state index contributed by atoms with van der Waals surface area (Å²) in [6, 6.07) is 18.9. The minimum atomic E-state index is -0.338. The molecule has 2 N–H and O–H groups in total. The van der Waals surface area contributed by atoms with E-state index in [2.05, 4.69) is 55.7 Å². The van der Waals surface area contributed by atoms with Crippen molar-refractivity contribution in [2.24, 2.45) is 5.92 Å². The molecule has 1 aliphatic carbocycles. The molecule has 0 unspecified atom stereocenters. The number of aryl methyl sites for hydroxylation is 1. The summed E-state index contributed by atoms with van der Waals surface area (Å²) in [5, 5.41) is 6.81. The van der Waals surface area contributed by atoms with E-state index in [0.717, 1.165) is 24.8 Å². The molecule has 0 bridgehead atoms. The van der Waals surface area contributed by atoms with E-state index in [1.165, 1.54) is 11.1 Å². The van der Waals surface area contributed by atoms with Gasteiger partial charge < -0.3 is 5.32 Å². The molecule has 2 atom stereocenters. The molecular formula is C23H30N2O. The van der Waals surface area contributed by atoms with Crippen LogP contribution < -0.4 is 10.6 Å². The van der Waals surface area contributed by atoms with Crippen molar-refractivity contribution in [1.29, 1.82) is 0 Å². The summed E-state index contributed by atoms with van der Waals surface area (Å²) in [6.07, 6.45) is 3.23. The molecule has 2 aromatic rings. The smallest absolute Gasteiger partial charge is 0.241 e. The Bertz CT molecular complexity index is 705. The highest BCUT2D eigenvalue weighted by Gasteiger charge is 2.30. The van der Waals surface area contributed by atoms with E-state index >= 15 is 0 Å². The number of carbonyl (C=O) groups excluding carboxylic acids is 1. The Morgan fingerprint density at radius 1 is 1.00 bits per heavy atom. The van der Waals surface area contributed by atoms with E-state index in [9.17, 15) is 4.79 Å². The minimum absolute atomic E-state index is 0.0783. The largest absolute Gasteiger partial charge is 0.352 e. The second-order valence-electron chi connectivity index (χ2n) is 7.61. The van der Waals surface area contributed by atoms with Crippen LogP contribution in [0.25, 0.3) is 0 Å². The molecule has 1 aliphatic rings. The number of hydrogen-bond donors (Lipinski definition) is 2. The molecule has 26 heavy (non-hydrogen) atoms. The quantitative estimate of drug-likeness (QED) is 0.733. The lowest BCUT2D eigenvalue weighted by Gasteiger charge is -2.29. The molecular weight excluding hydrogens is 320 g/mol. The van der Waals surface area contributed by atoms with E-state index in [0.29, 0.717) is 12.0 Å². The maximum Gasteiger partial charge on any atom is 0.241 e. The standard InChI is InChI=1S/C23H30N2O/c1-4-17-10-12-19(13-11-17)21(16(2)3)25-22(18-8-6-5-7-9-18)23(26)24-20-14-15-20/h5-13,16,20-22,25H,4,14-15H2,1-3H3,(H,24,26)/t21-,22+/m0/s1. The Morgan fingerprint density at radius 3 is 2.19 bits per heavy atom. The third-order valence-corrected chi connectivity index (χ3v) is 5.08. The fraction of sp³-hybridized carbons (Fsp3) is 0.435. The Balaban J connectivity index is 1.84. The molecule has 1 saturated carbocycles. The lowest BCUT2D eigenvalue weighted by Crippen LogP contribution is -2.41. The number of nitrogens with one attached hydrogen (secondary N) is 2. The molecule has 0 spiro atoms. The Morgan fingerprint density at radius 2 is 1.65 bits per heavy atom. The van der Waals surface area contributed by atoms with Crippen LogP contribution in [0, 0.1) is 5.92 Å².